The summed E-state index contributed by atoms with van der Waals surface area (Å²) < 4.78 is 44.4. The molecule has 0 aliphatic carbocycles. The first-order chi connectivity index (χ1) is 16.9. The molecule has 3 atom stereocenters. The molecule has 1 aliphatic heterocycles. The topological polar surface area (TPSA) is 94.1 Å². The number of aliphatic hydroxyl groups is 1. The Morgan fingerprint density at radius 3 is 2.36 bits per heavy atom. The van der Waals surface area contributed by atoms with Gasteiger partial charge >= 0.3 is 12.2 Å². The van der Waals surface area contributed by atoms with Crippen molar-refractivity contribution in [3.63, 3.8) is 0 Å². The Hall–Kier alpha value is -3.31. The standard InChI is InChI=1S/C25H31F3N4O4/c1-15-12-32(16(2)14-33)23(34)20-11-19(9-10-21(20)36-22(15)13-31(3)4)30-24(35)29-18-7-5-17(6-8-18)25(26,27)28/h5-11,15-16,22,33H,12-14H2,1-4H3,(H2,29,30,35)/t15-,16-,22+/m0/s1. The fourth-order valence-corrected chi connectivity index (χ4v) is 3.91. The molecule has 11 heteroatoms. The molecule has 8 nitrogen and oxygen atoms in total. The molecule has 36 heavy (non-hydrogen) atoms. The van der Waals surface area contributed by atoms with Gasteiger partial charge < -0.3 is 30.3 Å². The first kappa shape index (κ1) is 27.3. The number of urea groups is 1. The lowest BCUT2D eigenvalue weighted by molar-refractivity contribution is -0.137. The van der Waals surface area contributed by atoms with Crippen molar-refractivity contribution in [2.24, 2.45) is 5.92 Å². The summed E-state index contributed by atoms with van der Waals surface area (Å²) in [5, 5.41) is 14.8. The van der Waals surface area contributed by atoms with E-state index in [4.69, 9.17) is 4.74 Å². The number of halogens is 3. The lowest BCUT2D eigenvalue weighted by atomic mass is 9.99. The molecule has 0 bridgehead atoms. The molecule has 3 rings (SSSR count). The predicted molar refractivity (Wildman–Crippen MR) is 130 cm³/mol. The average Bonchev–Trinajstić information content (AvgIpc) is 2.80. The van der Waals surface area contributed by atoms with Crippen molar-refractivity contribution in [2.45, 2.75) is 32.2 Å². The van der Waals surface area contributed by atoms with Crippen molar-refractivity contribution >= 4 is 23.3 Å². The second-order valence-corrected chi connectivity index (χ2v) is 9.25. The van der Waals surface area contributed by atoms with Crippen LogP contribution in [-0.4, -0.2) is 72.8 Å². The number of benzene rings is 2. The van der Waals surface area contributed by atoms with Gasteiger partial charge in [0, 0.05) is 30.4 Å². The van der Waals surface area contributed by atoms with Crippen LogP contribution in [0.25, 0.3) is 0 Å². The van der Waals surface area contributed by atoms with E-state index in [0.717, 1.165) is 24.3 Å². The Labute approximate surface area is 208 Å². The zero-order valence-corrected chi connectivity index (χ0v) is 20.6. The largest absolute Gasteiger partial charge is 0.488 e. The second-order valence-electron chi connectivity index (χ2n) is 9.25. The van der Waals surface area contributed by atoms with Crippen molar-refractivity contribution in [3.8, 4) is 5.75 Å². The minimum Gasteiger partial charge on any atom is -0.488 e. The predicted octanol–water partition coefficient (Wildman–Crippen LogP) is 4.13. The number of anilines is 2. The van der Waals surface area contributed by atoms with Gasteiger partial charge in [0.15, 0.2) is 0 Å². The van der Waals surface area contributed by atoms with E-state index in [0.29, 0.717) is 24.5 Å². The van der Waals surface area contributed by atoms with Gasteiger partial charge in [0.25, 0.3) is 5.91 Å². The summed E-state index contributed by atoms with van der Waals surface area (Å²) in [6, 6.07) is 7.61. The summed E-state index contributed by atoms with van der Waals surface area (Å²) in [4.78, 5) is 29.5. The molecule has 0 saturated carbocycles. The Kier molecular flexibility index (Phi) is 8.47. The van der Waals surface area contributed by atoms with Crippen LogP contribution in [0.2, 0.25) is 0 Å². The number of aliphatic hydroxyl groups excluding tert-OH is 1. The second kappa shape index (κ2) is 11.2. The number of amides is 3. The highest BCUT2D eigenvalue weighted by Crippen LogP contribution is 2.31. The van der Waals surface area contributed by atoms with Crippen LogP contribution in [0.15, 0.2) is 42.5 Å². The Morgan fingerprint density at radius 2 is 1.78 bits per heavy atom. The zero-order valence-electron chi connectivity index (χ0n) is 20.6. The number of alkyl halides is 3. The van der Waals surface area contributed by atoms with E-state index in [1.165, 1.54) is 6.07 Å². The number of nitrogens with one attached hydrogen (secondary N) is 2. The molecule has 3 amide bonds. The normalized spacial score (nSPS) is 19.1. The van der Waals surface area contributed by atoms with Crippen LogP contribution in [0.1, 0.15) is 29.8 Å². The number of likely N-dealkylation sites (N-methyl/N-ethyl adjacent to an activating group) is 1. The zero-order chi connectivity index (χ0) is 26.6. The highest BCUT2D eigenvalue weighted by Gasteiger charge is 2.33. The fraction of sp³-hybridized carbons (Fsp3) is 0.440. The molecular formula is C25H31F3N4O4. The van der Waals surface area contributed by atoms with Gasteiger partial charge in [-0.3, -0.25) is 4.79 Å². The number of fused-ring (bicyclic) bond motifs is 1. The highest BCUT2D eigenvalue weighted by atomic mass is 19.4. The molecule has 0 spiro atoms. The third-order valence-corrected chi connectivity index (χ3v) is 5.94. The minimum absolute atomic E-state index is 0.00851. The number of carbonyl (C=O) groups is 2. The number of rotatable bonds is 6. The van der Waals surface area contributed by atoms with E-state index in [1.54, 1.807) is 24.0 Å². The maximum atomic E-state index is 13.4. The third-order valence-electron chi connectivity index (χ3n) is 5.94. The van der Waals surface area contributed by atoms with Crippen LogP contribution >= 0.6 is 0 Å². The summed E-state index contributed by atoms with van der Waals surface area (Å²) in [5.74, 6) is 0.0153. The van der Waals surface area contributed by atoms with Crippen molar-refractivity contribution in [1.29, 1.82) is 0 Å². The summed E-state index contributed by atoms with van der Waals surface area (Å²) in [5.41, 5.74) is -0.116. The first-order valence-corrected chi connectivity index (χ1v) is 11.5. The van der Waals surface area contributed by atoms with Gasteiger partial charge in [-0.15, -0.1) is 0 Å². The summed E-state index contributed by atoms with van der Waals surface area (Å²) in [6.45, 7) is 4.54. The molecular weight excluding hydrogens is 477 g/mol. The van der Waals surface area contributed by atoms with Gasteiger partial charge in [0.05, 0.1) is 23.8 Å². The monoisotopic (exact) mass is 508 g/mol. The van der Waals surface area contributed by atoms with Crippen LogP contribution in [-0.2, 0) is 6.18 Å². The highest BCUT2D eigenvalue weighted by molar-refractivity contribution is 6.02. The maximum Gasteiger partial charge on any atom is 0.416 e. The summed E-state index contributed by atoms with van der Waals surface area (Å²) in [6.07, 6.45) is -4.69. The number of ether oxygens (including phenoxy) is 1. The quantitative estimate of drug-likeness (QED) is 0.546. The average molecular weight is 509 g/mol. The molecule has 1 heterocycles. The Balaban J connectivity index is 1.83. The van der Waals surface area contributed by atoms with E-state index >= 15 is 0 Å². The van der Waals surface area contributed by atoms with Gasteiger partial charge in [-0.1, -0.05) is 6.92 Å². The fourth-order valence-electron chi connectivity index (χ4n) is 3.91. The van der Waals surface area contributed by atoms with Gasteiger partial charge in [-0.05, 0) is 63.5 Å². The van der Waals surface area contributed by atoms with Gasteiger partial charge in [-0.25, -0.2) is 4.79 Å². The van der Waals surface area contributed by atoms with E-state index in [1.807, 2.05) is 25.9 Å². The van der Waals surface area contributed by atoms with Gasteiger partial charge in [0.1, 0.15) is 11.9 Å². The Morgan fingerprint density at radius 1 is 1.17 bits per heavy atom. The number of carbonyl (C=O) groups excluding carboxylic acids is 2. The van der Waals surface area contributed by atoms with Crippen molar-refractivity contribution in [3.05, 3.63) is 53.6 Å². The summed E-state index contributed by atoms with van der Waals surface area (Å²) >= 11 is 0. The van der Waals surface area contributed by atoms with E-state index in [-0.39, 0.29) is 35.8 Å². The van der Waals surface area contributed by atoms with E-state index in [9.17, 15) is 27.9 Å². The lowest BCUT2D eigenvalue weighted by Crippen LogP contribution is -2.49. The summed E-state index contributed by atoms with van der Waals surface area (Å²) in [7, 11) is 3.86. The molecule has 1 aliphatic rings. The van der Waals surface area contributed by atoms with Gasteiger partial charge in [0.2, 0.25) is 0 Å². The molecule has 0 radical (unpaired) electrons. The SMILES string of the molecule is C[C@H]1CN([C@@H](C)CO)C(=O)c2cc(NC(=O)Nc3ccc(C(F)(F)F)cc3)ccc2O[C@@H]1CN(C)C. The number of hydrogen-bond donors (Lipinski definition) is 3. The van der Waals surface area contributed by atoms with Crippen molar-refractivity contribution < 1.29 is 32.6 Å². The lowest BCUT2D eigenvalue weighted by Gasteiger charge is -2.37. The third kappa shape index (κ3) is 6.67. The van der Waals surface area contributed by atoms with Crippen LogP contribution in [0.4, 0.5) is 29.3 Å². The van der Waals surface area contributed by atoms with Crippen LogP contribution in [0.3, 0.4) is 0 Å². The molecule has 2 aromatic carbocycles. The van der Waals surface area contributed by atoms with E-state index in [2.05, 4.69) is 10.6 Å². The smallest absolute Gasteiger partial charge is 0.416 e. The molecule has 2 aromatic rings. The maximum absolute atomic E-state index is 13.4. The number of hydrogen-bond acceptors (Lipinski definition) is 5. The van der Waals surface area contributed by atoms with Crippen molar-refractivity contribution in [2.75, 3.05) is 44.4 Å². The first-order valence-electron chi connectivity index (χ1n) is 11.5. The van der Waals surface area contributed by atoms with Gasteiger partial charge in [-0.2, -0.15) is 13.2 Å². The number of nitrogens with zero attached hydrogens (tertiary/aromatic N) is 2. The molecule has 0 unspecified atom stereocenters. The van der Waals surface area contributed by atoms with Crippen LogP contribution in [0, 0.1) is 5.92 Å². The molecule has 196 valence electrons. The van der Waals surface area contributed by atoms with Crippen LogP contribution < -0.4 is 15.4 Å². The molecule has 0 saturated heterocycles. The molecule has 3 N–H and O–H groups in total. The van der Waals surface area contributed by atoms with Crippen LogP contribution in [0.5, 0.6) is 5.75 Å². The minimum atomic E-state index is -4.47. The Bertz CT molecular complexity index is 1080. The van der Waals surface area contributed by atoms with Crippen molar-refractivity contribution in [1.82, 2.24) is 9.80 Å². The molecule has 0 aromatic heterocycles. The molecule has 0 fully saturated rings. The van der Waals surface area contributed by atoms with E-state index < -0.39 is 23.8 Å².